The van der Waals surface area contributed by atoms with Crippen molar-refractivity contribution >= 4 is 0 Å². The summed E-state index contributed by atoms with van der Waals surface area (Å²) in [6.45, 7) is 10.7. The molecular formula is C15H24N2O. The Kier molecular flexibility index (Phi) is 4.05. The highest BCUT2D eigenvalue weighted by molar-refractivity contribution is 5.38. The monoisotopic (exact) mass is 248 g/mol. The summed E-state index contributed by atoms with van der Waals surface area (Å²) in [5.41, 5.74) is 11.5. The van der Waals surface area contributed by atoms with Crippen LogP contribution < -0.4 is 11.1 Å². The summed E-state index contributed by atoms with van der Waals surface area (Å²) in [7, 11) is 0. The smallest absolute Gasteiger partial charge is 0.0569 e. The molecule has 3 heteroatoms. The first-order chi connectivity index (χ1) is 8.58. The minimum Gasteiger partial charge on any atom is -0.380 e. The zero-order chi connectivity index (χ0) is 13.2. The fraction of sp³-hybridized carbons (Fsp3) is 0.600. The molecule has 100 valence electrons. The number of benzene rings is 1. The van der Waals surface area contributed by atoms with E-state index in [4.69, 9.17) is 10.5 Å². The predicted octanol–water partition coefficient (Wildman–Crippen LogP) is 1.68. The van der Waals surface area contributed by atoms with Crippen LogP contribution in [0.4, 0.5) is 0 Å². The third-order valence-electron chi connectivity index (χ3n) is 4.24. The van der Waals surface area contributed by atoms with Crippen LogP contribution in [0, 0.1) is 26.2 Å². The maximum Gasteiger partial charge on any atom is 0.0569 e. The van der Waals surface area contributed by atoms with Crippen LogP contribution in [0.5, 0.6) is 0 Å². The van der Waals surface area contributed by atoms with Gasteiger partial charge >= 0.3 is 0 Å². The second-order valence-corrected chi connectivity index (χ2v) is 5.59. The SMILES string of the molecule is Cc1ccc(CNCC2(CN)COC2)c(C)c1C. The van der Waals surface area contributed by atoms with Crippen LogP contribution in [-0.2, 0) is 11.3 Å². The largest absolute Gasteiger partial charge is 0.380 e. The molecule has 1 heterocycles. The van der Waals surface area contributed by atoms with Crippen molar-refractivity contribution in [3.05, 3.63) is 34.4 Å². The van der Waals surface area contributed by atoms with E-state index >= 15 is 0 Å². The molecule has 0 aliphatic carbocycles. The fourth-order valence-electron chi connectivity index (χ4n) is 2.35. The van der Waals surface area contributed by atoms with Gasteiger partial charge in [-0.1, -0.05) is 12.1 Å². The van der Waals surface area contributed by atoms with Crippen molar-refractivity contribution in [2.45, 2.75) is 27.3 Å². The standard InChI is InChI=1S/C15H24N2O/c1-11-4-5-14(13(3)12(11)2)6-17-8-15(7-16)9-18-10-15/h4-5,17H,6-10,16H2,1-3H3. The average molecular weight is 248 g/mol. The van der Waals surface area contributed by atoms with Gasteiger partial charge < -0.3 is 15.8 Å². The molecule has 1 fully saturated rings. The summed E-state index contributed by atoms with van der Waals surface area (Å²) in [4.78, 5) is 0. The van der Waals surface area contributed by atoms with Gasteiger partial charge in [-0.05, 0) is 43.0 Å². The van der Waals surface area contributed by atoms with E-state index in [9.17, 15) is 0 Å². The molecule has 0 bridgehead atoms. The third kappa shape index (κ3) is 2.58. The zero-order valence-corrected chi connectivity index (χ0v) is 11.7. The van der Waals surface area contributed by atoms with E-state index in [1.54, 1.807) is 0 Å². The Bertz CT molecular complexity index is 419. The van der Waals surface area contributed by atoms with Gasteiger partial charge in [-0.25, -0.2) is 0 Å². The average Bonchev–Trinajstić information content (AvgIpc) is 2.32. The van der Waals surface area contributed by atoms with Gasteiger partial charge in [0.25, 0.3) is 0 Å². The van der Waals surface area contributed by atoms with Crippen LogP contribution in [-0.4, -0.2) is 26.3 Å². The van der Waals surface area contributed by atoms with Crippen molar-refractivity contribution in [2.24, 2.45) is 11.1 Å². The first-order valence-electron chi connectivity index (χ1n) is 6.62. The van der Waals surface area contributed by atoms with Crippen molar-refractivity contribution in [1.82, 2.24) is 5.32 Å². The molecule has 0 aromatic heterocycles. The Morgan fingerprint density at radius 3 is 2.50 bits per heavy atom. The van der Waals surface area contributed by atoms with Crippen molar-refractivity contribution in [1.29, 1.82) is 0 Å². The number of ether oxygens (including phenoxy) is 1. The molecule has 3 N–H and O–H groups in total. The molecule has 0 spiro atoms. The molecule has 0 atom stereocenters. The van der Waals surface area contributed by atoms with Crippen LogP contribution in [0.15, 0.2) is 12.1 Å². The van der Waals surface area contributed by atoms with Gasteiger partial charge in [0.15, 0.2) is 0 Å². The van der Waals surface area contributed by atoms with E-state index in [1.807, 2.05) is 0 Å². The van der Waals surface area contributed by atoms with Crippen LogP contribution >= 0.6 is 0 Å². The maximum absolute atomic E-state index is 5.80. The molecule has 2 rings (SSSR count). The molecule has 0 saturated carbocycles. The topological polar surface area (TPSA) is 47.3 Å². The van der Waals surface area contributed by atoms with Gasteiger partial charge in [0.1, 0.15) is 0 Å². The van der Waals surface area contributed by atoms with E-state index in [0.717, 1.165) is 26.3 Å². The van der Waals surface area contributed by atoms with Crippen LogP contribution in [0.1, 0.15) is 22.3 Å². The molecule has 0 amide bonds. The lowest BCUT2D eigenvalue weighted by molar-refractivity contribution is -0.105. The van der Waals surface area contributed by atoms with Crippen molar-refractivity contribution in [3.63, 3.8) is 0 Å². The molecule has 1 aromatic carbocycles. The number of rotatable bonds is 5. The van der Waals surface area contributed by atoms with E-state index in [2.05, 4.69) is 38.2 Å². The Morgan fingerprint density at radius 2 is 1.94 bits per heavy atom. The van der Waals surface area contributed by atoms with Gasteiger partial charge in [-0.2, -0.15) is 0 Å². The fourth-order valence-corrected chi connectivity index (χ4v) is 2.35. The lowest BCUT2D eigenvalue weighted by Gasteiger charge is -2.40. The van der Waals surface area contributed by atoms with Crippen molar-refractivity contribution in [3.8, 4) is 0 Å². The summed E-state index contributed by atoms with van der Waals surface area (Å²) in [5.74, 6) is 0. The van der Waals surface area contributed by atoms with E-state index in [1.165, 1.54) is 22.3 Å². The van der Waals surface area contributed by atoms with E-state index < -0.39 is 0 Å². The molecule has 18 heavy (non-hydrogen) atoms. The summed E-state index contributed by atoms with van der Waals surface area (Å²) in [5, 5.41) is 3.52. The van der Waals surface area contributed by atoms with E-state index in [-0.39, 0.29) is 5.41 Å². The highest BCUT2D eigenvalue weighted by atomic mass is 16.5. The van der Waals surface area contributed by atoms with Gasteiger partial charge in [0.2, 0.25) is 0 Å². The van der Waals surface area contributed by atoms with E-state index in [0.29, 0.717) is 6.54 Å². The minimum atomic E-state index is 0.174. The quantitative estimate of drug-likeness (QED) is 0.833. The molecule has 1 aliphatic heterocycles. The first-order valence-corrected chi connectivity index (χ1v) is 6.62. The highest BCUT2D eigenvalue weighted by Gasteiger charge is 2.36. The van der Waals surface area contributed by atoms with Crippen molar-refractivity contribution in [2.75, 3.05) is 26.3 Å². The number of nitrogens with one attached hydrogen (secondary N) is 1. The second-order valence-electron chi connectivity index (χ2n) is 5.59. The number of hydrogen-bond donors (Lipinski definition) is 2. The van der Waals surface area contributed by atoms with Crippen molar-refractivity contribution < 1.29 is 4.74 Å². The van der Waals surface area contributed by atoms with Crippen LogP contribution in [0.25, 0.3) is 0 Å². The highest BCUT2D eigenvalue weighted by Crippen LogP contribution is 2.25. The maximum atomic E-state index is 5.80. The predicted molar refractivity (Wildman–Crippen MR) is 74.7 cm³/mol. The zero-order valence-electron chi connectivity index (χ0n) is 11.7. The molecule has 3 nitrogen and oxygen atoms in total. The molecule has 0 radical (unpaired) electrons. The number of hydrogen-bond acceptors (Lipinski definition) is 3. The second kappa shape index (κ2) is 5.39. The summed E-state index contributed by atoms with van der Waals surface area (Å²) < 4.78 is 5.27. The summed E-state index contributed by atoms with van der Waals surface area (Å²) >= 11 is 0. The van der Waals surface area contributed by atoms with Gasteiger partial charge in [-0.3, -0.25) is 0 Å². The summed E-state index contributed by atoms with van der Waals surface area (Å²) in [6, 6.07) is 4.42. The van der Waals surface area contributed by atoms with Crippen LogP contribution in [0.3, 0.4) is 0 Å². The number of aryl methyl sites for hydroxylation is 1. The normalized spacial score (nSPS) is 17.6. The van der Waals surface area contributed by atoms with Gasteiger partial charge in [0.05, 0.1) is 13.2 Å². The lowest BCUT2D eigenvalue weighted by atomic mass is 9.86. The minimum absolute atomic E-state index is 0.174. The third-order valence-corrected chi connectivity index (χ3v) is 4.24. The molecule has 1 saturated heterocycles. The van der Waals surface area contributed by atoms with Crippen LogP contribution in [0.2, 0.25) is 0 Å². The lowest BCUT2D eigenvalue weighted by Crippen LogP contribution is -2.54. The molecule has 0 unspecified atom stereocenters. The Balaban J connectivity index is 1.93. The summed E-state index contributed by atoms with van der Waals surface area (Å²) in [6.07, 6.45) is 0. The Hall–Kier alpha value is -0.900. The Labute approximate surface area is 110 Å². The molecule has 1 aromatic rings. The number of nitrogens with two attached hydrogens (primary N) is 1. The van der Waals surface area contributed by atoms with Gasteiger partial charge in [-0.15, -0.1) is 0 Å². The molecule has 1 aliphatic rings. The van der Waals surface area contributed by atoms with Gasteiger partial charge in [0, 0.05) is 25.0 Å². The first kappa shape index (κ1) is 13.5. The molecular weight excluding hydrogens is 224 g/mol. The Morgan fingerprint density at radius 1 is 1.22 bits per heavy atom.